The first kappa shape index (κ1) is 11.5. The fourth-order valence-electron chi connectivity index (χ4n) is 2.85. The van der Waals surface area contributed by atoms with Gasteiger partial charge in [0.15, 0.2) is 0 Å². The number of benzene rings is 1. The molecule has 18 heavy (non-hydrogen) atoms. The van der Waals surface area contributed by atoms with Gasteiger partial charge in [-0.1, -0.05) is 31.2 Å². The van der Waals surface area contributed by atoms with Crippen LogP contribution >= 0.6 is 0 Å². The van der Waals surface area contributed by atoms with Crippen LogP contribution in [0.5, 0.6) is 0 Å². The molecule has 0 saturated heterocycles. The van der Waals surface area contributed by atoms with Gasteiger partial charge in [0.1, 0.15) is 0 Å². The van der Waals surface area contributed by atoms with Crippen molar-refractivity contribution < 1.29 is 0 Å². The molecule has 2 aromatic rings. The molecule has 0 unspecified atom stereocenters. The van der Waals surface area contributed by atoms with Crippen molar-refractivity contribution in [3.8, 4) is 0 Å². The van der Waals surface area contributed by atoms with Gasteiger partial charge in [-0.2, -0.15) is 0 Å². The summed E-state index contributed by atoms with van der Waals surface area (Å²) in [5.41, 5.74) is 10.2. The largest absolute Gasteiger partial charge is 0.329 e. The normalized spacial score (nSPS) is 16.8. The lowest BCUT2D eigenvalue weighted by atomic mass is 10.1. The van der Waals surface area contributed by atoms with Crippen molar-refractivity contribution in [3.05, 3.63) is 53.6 Å². The second kappa shape index (κ2) is 4.58. The number of hydrogen-bond donors (Lipinski definition) is 1. The molecule has 3 nitrogen and oxygen atoms in total. The number of imidazole rings is 1. The number of nitrogens with zero attached hydrogens (tertiary/aromatic N) is 2. The van der Waals surface area contributed by atoms with Crippen LogP contribution in [0.1, 0.15) is 42.2 Å². The molecule has 94 valence electrons. The van der Waals surface area contributed by atoms with Gasteiger partial charge in [-0.25, -0.2) is 4.98 Å². The highest BCUT2D eigenvalue weighted by molar-refractivity contribution is 5.33. The molecular weight excluding hydrogens is 222 g/mol. The van der Waals surface area contributed by atoms with Crippen LogP contribution in [0.15, 0.2) is 36.8 Å². The highest BCUT2D eigenvalue weighted by Crippen LogP contribution is 2.31. The van der Waals surface area contributed by atoms with Gasteiger partial charge in [0.05, 0.1) is 12.0 Å². The molecule has 0 radical (unpaired) electrons. The van der Waals surface area contributed by atoms with E-state index in [-0.39, 0.29) is 6.04 Å². The van der Waals surface area contributed by atoms with E-state index in [0.717, 1.165) is 25.0 Å². The van der Waals surface area contributed by atoms with Crippen molar-refractivity contribution in [3.63, 3.8) is 0 Å². The molecule has 1 atom stereocenters. The Morgan fingerprint density at radius 1 is 1.33 bits per heavy atom. The minimum Gasteiger partial charge on any atom is -0.329 e. The average molecular weight is 241 g/mol. The maximum Gasteiger partial charge on any atom is 0.0951 e. The maximum atomic E-state index is 6.15. The Morgan fingerprint density at radius 2 is 2.00 bits per heavy atom. The van der Waals surface area contributed by atoms with Crippen LogP contribution in [0.25, 0.3) is 0 Å². The maximum absolute atomic E-state index is 6.15. The van der Waals surface area contributed by atoms with Crippen LogP contribution in [-0.2, 0) is 12.8 Å². The second-order valence-corrected chi connectivity index (χ2v) is 5.07. The summed E-state index contributed by atoms with van der Waals surface area (Å²) in [7, 11) is 0. The van der Waals surface area contributed by atoms with Crippen molar-refractivity contribution in [2.75, 3.05) is 0 Å². The summed E-state index contributed by atoms with van der Waals surface area (Å²) in [6.45, 7) is 2.12. The Balaban J connectivity index is 1.89. The van der Waals surface area contributed by atoms with Crippen LogP contribution < -0.4 is 5.73 Å². The highest BCUT2D eigenvalue weighted by Gasteiger charge is 2.24. The quantitative estimate of drug-likeness (QED) is 0.897. The Bertz CT molecular complexity index is 519. The van der Waals surface area contributed by atoms with Crippen molar-refractivity contribution >= 4 is 0 Å². The Morgan fingerprint density at radius 3 is 2.61 bits per heavy atom. The highest BCUT2D eigenvalue weighted by atomic mass is 15.1. The van der Waals surface area contributed by atoms with Gasteiger partial charge in [-0.15, -0.1) is 0 Å². The lowest BCUT2D eigenvalue weighted by Crippen LogP contribution is -2.18. The average Bonchev–Trinajstić information content (AvgIpc) is 3.03. The van der Waals surface area contributed by atoms with Crippen molar-refractivity contribution in [2.24, 2.45) is 5.73 Å². The summed E-state index contributed by atoms with van der Waals surface area (Å²) >= 11 is 0. The third-order valence-electron chi connectivity index (χ3n) is 3.94. The van der Waals surface area contributed by atoms with Crippen LogP contribution in [-0.4, -0.2) is 9.55 Å². The monoisotopic (exact) mass is 241 g/mol. The minimum absolute atomic E-state index is 0.0937. The predicted molar refractivity (Wildman–Crippen MR) is 72.3 cm³/mol. The molecule has 0 fully saturated rings. The molecule has 1 aromatic heterocycles. The summed E-state index contributed by atoms with van der Waals surface area (Å²) in [5.74, 6) is 0. The number of hydrogen-bond acceptors (Lipinski definition) is 2. The van der Waals surface area contributed by atoms with E-state index in [9.17, 15) is 0 Å². The third-order valence-corrected chi connectivity index (χ3v) is 3.94. The molecule has 1 aromatic carbocycles. The fraction of sp³-hybridized carbons (Fsp3) is 0.400. The summed E-state index contributed by atoms with van der Waals surface area (Å²) in [5, 5.41) is 0. The smallest absolute Gasteiger partial charge is 0.0951 e. The van der Waals surface area contributed by atoms with Crippen molar-refractivity contribution in [1.29, 1.82) is 0 Å². The van der Waals surface area contributed by atoms with Crippen molar-refractivity contribution in [1.82, 2.24) is 9.55 Å². The Kier molecular flexibility index (Phi) is 2.92. The molecule has 1 aliphatic carbocycles. The van der Waals surface area contributed by atoms with Crippen LogP contribution in [0, 0.1) is 0 Å². The van der Waals surface area contributed by atoms with Gasteiger partial charge >= 0.3 is 0 Å². The van der Waals surface area contributed by atoms with E-state index in [0.29, 0.717) is 6.04 Å². The van der Waals surface area contributed by atoms with Crippen LogP contribution in [0.2, 0.25) is 0 Å². The summed E-state index contributed by atoms with van der Waals surface area (Å²) in [4.78, 5) is 4.28. The van der Waals surface area contributed by atoms with Crippen LogP contribution in [0.3, 0.4) is 0 Å². The molecule has 1 heterocycles. The van der Waals surface area contributed by atoms with E-state index in [2.05, 4.69) is 40.7 Å². The molecule has 1 aliphatic rings. The molecule has 0 amide bonds. The lowest BCUT2D eigenvalue weighted by Gasteiger charge is -2.18. The van der Waals surface area contributed by atoms with E-state index in [1.165, 1.54) is 11.1 Å². The zero-order valence-electron chi connectivity index (χ0n) is 10.7. The summed E-state index contributed by atoms with van der Waals surface area (Å²) in [6.07, 6.45) is 6.98. The number of aromatic nitrogens is 2. The first-order valence-corrected chi connectivity index (χ1v) is 6.63. The van der Waals surface area contributed by atoms with E-state index in [4.69, 9.17) is 5.73 Å². The molecule has 3 heteroatoms. The first-order chi connectivity index (χ1) is 8.79. The number of rotatable bonds is 3. The first-order valence-electron chi connectivity index (χ1n) is 6.63. The summed E-state index contributed by atoms with van der Waals surface area (Å²) in [6, 6.07) is 9.27. The zero-order chi connectivity index (χ0) is 12.5. The molecule has 0 aliphatic heterocycles. The van der Waals surface area contributed by atoms with E-state index in [1.54, 1.807) is 0 Å². The topological polar surface area (TPSA) is 43.8 Å². The molecule has 3 rings (SSSR count). The number of fused-ring (bicyclic) bond motifs is 1. The van der Waals surface area contributed by atoms with E-state index in [1.807, 2.05) is 12.5 Å². The molecular formula is C15H19N3. The predicted octanol–water partition coefficient (Wildman–Crippen LogP) is 2.63. The van der Waals surface area contributed by atoms with Gasteiger partial charge in [0.25, 0.3) is 0 Å². The van der Waals surface area contributed by atoms with Gasteiger partial charge in [0, 0.05) is 18.3 Å². The third kappa shape index (κ3) is 1.85. The molecule has 2 N–H and O–H groups in total. The molecule has 0 saturated carbocycles. The summed E-state index contributed by atoms with van der Waals surface area (Å²) < 4.78 is 2.27. The van der Waals surface area contributed by atoms with Crippen molar-refractivity contribution in [2.45, 2.75) is 38.3 Å². The van der Waals surface area contributed by atoms with Crippen LogP contribution in [0.4, 0.5) is 0 Å². The van der Waals surface area contributed by atoms with Gasteiger partial charge in [-0.3, -0.25) is 0 Å². The second-order valence-electron chi connectivity index (χ2n) is 5.07. The molecule has 0 bridgehead atoms. The van der Waals surface area contributed by atoms with Gasteiger partial charge in [0.2, 0.25) is 0 Å². The van der Waals surface area contributed by atoms with Gasteiger partial charge < -0.3 is 10.3 Å². The zero-order valence-corrected chi connectivity index (χ0v) is 10.7. The molecule has 0 spiro atoms. The van der Waals surface area contributed by atoms with Gasteiger partial charge in [-0.05, 0) is 30.4 Å². The SMILES string of the molecule is CC[C@@H](N)c1cncn1C1Cc2ccccc2C1. The fourth-order valence-corrected chi connectivity index (χ4v) is 2.85. The van der Waals surface area contributed by atoms with E-state index >= 15 is 0 Å². The lowest BCUT2D eigenvalue weighted by molar-refractivity contribution is 0.487. The standard InChI is InChI=1S/C15H19N3/c1-2-14(16)15-9-17-10-18(15)13-7-11-5-3-4-6-12(11)8-13/h3-6,9-10,13-14H,2,7-8,16H2,1H3/t14-/m1/s1. The Labute approximate surface area is 108 Å². The minimum atomic E-state index is 0.0937. The van der Waals surface area contributed by atoms with E-state index < -0.39 is 0 Å². The Hall–Kier alpha value is -1.61. The number of nitrogens with two attached hydrogens (primary N) is 1.